The number of nitrogens with zero attached hydrogens (tertiary/aromatic N) is 7. The molecule has 2 aromatic rings. The van der Waals surface area contributed by atoms with Gasteiger partial charge >= 0.3 is 0 Å². The Balaban J connectivity index is 1.34. The second-order valence-corrected chi connectivity index (χ2v) is 11.1. The van der Waals surface area contributed by atoms with Crippen LogP contribution in [0.1, 0.15) is 40.5 Å². The van der Waals surface area contributed by atoms with Gasteiger partial charge in [-0.2, -0.15) is 22.1 Å². The zero-order chi connectivity index (χ0) is 22.6. The van der Waals surface area contributed by atoms with E-state index in [1.165, 1.54) is 4.31 Å². The Bertz CT molecular complexity index is 1140. The van der Waals surface area contributed by atoms with Gasteiger partial charge in [0.2, 0.25) is 0 Å². The quantitative estimate of drug-likeness (QED) is 0.654. The molecule has 10 nitrogen and oxygen atoms in total. The van der Waals surface area contributed by atoms with E-state index in [9.17, 15) is 13.2 Å². The highest BCUT2D eigenvalue weighted by Crippen LogP contribution is 2.40. The van der Waals surface area contributed by atoms with Gasteiger partial charge < -0.3 is 9.80 Å². The summed E-state index contributed by atoms with van der Waals surface area (Å²) in [7, 11) is 0.368. The molecule has 0 atom stereocenters. The molecule has 1 amide bonds. The van der Waals surface area contributed by atoms with E-state index in [2.05, 4.69) is 10.00 Å². The van der Waals surface area contributed by atoms with E-state index in [0.29, 0.717) is 50.7 Å². The molecule has 1 saturated carbocycles. The van der Waals surface area contributed by atoms with Crippen LogP contribution < -0.4 is 0 Å². The fourth-order valence-corrected chi connectivity index (χ4v) is 6.27. The van der Waals surface area contributed by atoms with Crippen molar-refractivity contribution < 1.29 is 13.2 Å². The van der Waals surface area contributed by atoms with Gasteiger partial charge in [-0.25, -0.2) is 4.98 Å². The number of rotatable bonds is 4. The monoisotopic (exact) mass is 461 g/mol. The smallest absolute Gasteiger partial charge is 0.282 e. The third-order valence-electron chi connectivity index (χ3n) is 6.86. The average Bonchev–Trinajstić information content (AvgIpc) is 3.59. The SMILES string of the molecule is Cc1nn(C)c2nc(C3CC3)cc(C(=O)N3CCN(S(=O)(=O)N4CCN(C)CC4)CC3)c12. The average molecular weight is 462 g/mol. The summed E-state index contributed by atoms with van der Waals surface area (Å²) in [5.74, 6) is 0.360. The van der Waals surface area contributed by atoms with Crippen molar-refractivity contribution in [2.75, 3.05) is 59.4 Å². The Morgan fingerprint density at radius 1 is 0.969 bits per heavy atom. The molecule has 0 spiro atoms. The summed E-state index contributed by atoms with van der Waals surface area (Å²) in [6.45, 7) is 5.80. The van der Waals surface area contributed by atoms with Crippen molar-refractivity contribution in [1.82, 2.24) is 33.2 Å². The van der Waals surface area contributed by atoms with Gasteiger partial charge in [0, 0.05) is 71.0 Å². The lowest BCUT2D eigenvalue weighted by Crippen LogP contribution is -2.57. The Kier molecular flexibility index (Phi) is 5.47. The standard InChI is InChI=1S/C21H31N7O3S/c1-15-19-17(14-18(16-4-5-16)22-20(19)25(3)23-15)21(29)26-8-12-28(13-9-26)32(30,31)27-10-6-24(2)7-11-27/h14,16H,4-13H2,1-3H3. The van der Waals surface area contributed by atoms with Gasteiger partial charge in [-0.05, 0) is 32.9 Å². The molecular weight excluding hydrogens is 430 g/mol. The molecule has 0 N–H and O–H groups in total. The lowest BCUT2D eigenvalue weighted by Gasteiger charge is -2.39. The first kappa shape index (κ1) is 21.7. The second kappa shape index (κ2) is 8.05. The van der Waals surface area contributed by atoms with E-state index in [0.717, 1.165) is 48.4 Å². The highest BCUT2D eigenvalue weighted by Gasteiger charge is 2.36. The van der Waals surface area contributed by atoms with Gasteiger partial charge in [0.1, 0.15) is 0 Å². The maximum Gasteiger partial charge on any atom is 0.282 e. The first-order valence-corrected chi connectivity index (χ1v) is 12.7. The molecule has 1 aliphatic carbocycles. The van der Waals surface area contributed by atoms with Gasteiger partial charge in [0.15, 0.2) is 5.65 Å². The Morgan fingerprint density at radius 2 is 1.56 bits per heavy atom. The fourth-order valence-electron chi connectivity index (χ4n) is 4.70. The van der Waals surface area contributed by atoms with E-state index in [1.807, 2.05) is 27.1 Å². The fraction of sp³-hybridized carbons (Fsp3) is 0.667. The molecular formula is C21H31N7O3S. The normalized spacial score (nSPS) is 22.0. The van der Waals surface area contributed by atoms with E-state index in [4.69, 9.17) is 4.98 Å². The largest absolute Gasteiger partial charge is 0.336 e. The molecule has 2 aliphatic heterocycles. The molecule has 3 fully saturated rings. The van der Waals surface area contributed by atoms with Crippen molar-refractivity contribution in [3.63, 3.8) is 0 Å². The number of carbonyl (C=O) groups excluding carboxylic acids is 1. The van der Waals surface area contributed by atoms with Gasteiger partial charge in [-0.3, -0.25) is 9.48 Å². The molecule has 0 radical (unpaired) electrons. The number of aryl methyl sites for hydroxylation is 2. The van der Waals surface area contributed by atoms with E-state index < -0.39 is 10.2 Å². The lowest BCUT2D eigenvalue weighted by atomic mass is 10.1. The Hall–Kier alpha value is -2.08. The summed E-state index contributed by atoms with van der Waals surface area (Å²) in [4.78, 5) is 22.2. The summed E-state index contributed by atoms with van der Waals surface area (Å²) in [6, 6.07) is 1.93. The number of amides is 1. The first-order chi connectivity index (χ1) is 15.3. The van der Waals surface area contributed by atoms with Crippen LogP contribution in [0.25, 0.3) is 11.0 Å². The van der Waals surface area contributed by atoms with E-state index in [-0.39, 0.29) is 5.91 Å². The van der Waals surface area contributed by atoms with Crippen LogP contribution >= 0.6 is 0 Å². The Morgan fingerprint density at radius 3 is 2.16 bits per heavy atom. The van der Waals surface area contributed by atoms with E-state index >= 15 is 0 Å². The predicted molar refractivity (Wildman–Crippen MR) is 121 cm³/mol. The number of pyridine rings is 1. The molecule has 2 saturated heterocycles. The highest BCUT2D eigenvalue weighted by molar-refractivity contribution is 7.86. The minimum Gasteiger partial charge on any atom is -0.336 e. The van der Waals surface area contributed by atoms with Crippen LogP contribution in [0.5, 0.6) is 0 Å². The van der Waals surface area contributed by atoms with Crippen molar-refractivity contribution in [1.29, 1.82) is 0 Å². The number of likely N-dealkylation sites (N-methyl/N-ethyl adjacent to an activating group) is 1. The lowest BCUT2D eigenvalue weighted by molar-refractivity contribution is 0.0694. The summed E-state index contributed by atoms with van der Waals surface area (Å²) in [5, 5.41) is 5.29. The van der Waals surface area contributed by atoms with Gasteiger partial charge in [0.05, 0.1) is 16.6 Å². The predicted octanol–water partition coefficient (Wildman–Crippen LogP) is 0.404. The molecule has 174 valence electrons. The molecule has 0 bridgehead atoms. The van der Waals surface area contributed by atoms with Crippen LogP contribution in [-0.4, -0.2) is 107 Å². The zero-order valence-corrected chi connectivity index (χ0v) is 19.8. The highest BCUT2D eigenvalue weighted by atomic mass is 32.2. The second-order valence-electron chi connectivity index (χ2n) is 9.18. The Labute approximate surface area is 188 Å². The minimum absolute atomic E-state index is 0.0629. The maximum absolute atomic E-state index is 13.5. The molecule has 0 aromatic carbocycles. The third-order valence-corrected chi connectivity index (χ3v) is 8.89. The number of hydrogen-bond acceptors (Lipinski definition) is 6. The first-order valence-electron chi connectivity index (χ1n) is 11.3. The van der Waals surface area contributed by atoms with Crippen molar-refractivity contribution in [3.05, 3.63) is 23.0 Å². The van der Waals surface area contributed by atoms with Crippen molar-refractivity contribution in [2.24, 2.45) is 7.05 Å². The third kappa shape index (κ3) is 3.81. The topological polar surface area (TPSA) is 94.9 Å². The van der Waals surface area contributed by atoms with Gasteiger partial charge in [-0.15, -0.1) is 0 Å². The molecule has 4 heterocycles. The van der Waals surface area contributed by atoms with Gasteiger partial charge in [0.25, 0.3) is 16.1 Å². The van der Waals surface area contributed by atoms with Crippen LogP contribution in [-0.2, 0) is 17.3 Å². The minimum atomic E-state index is -3.49. The zero-order valence-electron chi connectivity index (χ0n) is 19.0. The number of carbonyl (C=O) groups is 1. The van der Waals surface area contributed by atoms with Crippen molar-refractivity contribution >= 4 is 27.1 Å². The molecule has 5 rings (SSSR count). The van der Waals surface area contributed by atoms with Crippen LogP contribution in [0.15, 0.2) is 6.07 Å². The van der Waals surface area contributed by atoms with Crippen LogP contribution in [0.4, 0.5) is 0 Å². The molecule has 0 unspecified atom stereocenters. The number of aromatic nitrogens is 3. The summed E-state index contributed by atoms with van der Waals surface area (Å²) in [5.41, 5.74) is 3.13. The summed E-state index contributed by atoms with van der Waals surface area (Å²) < 4.78 is 30.9. The number of fused-ring (bicyclic) bond motifs is 1. The molecule has 2 aromatic heterocycles. The summed E-state index contributed by atoms with van der Waals surface area (Å²) in [6.07, 6.45) is 2.21. The van der Waals surface area contributed by atoms with Crippen LogP contribution in [0.2, 0.25) is 0 Å². The van der Waals surface area contributed by atoms with Crippen LogP contribution in [0, 0.1) is 6.92 Å². The number of piperazine rings is 2. The van der Waals surface area contributed by atoms with Crippen molar-refractivity contribution in [2.45, 2.75) is 25.7 Å². The summed E-state index contributed by atoms with van der Waals surface area (Å²) >= 11 is 0. The number of hydrogen-bond donors (Lipinski definition) is 0. The van der Waals surface area contributed by atoms with Crippen LogP contribution in [0.3, 0.4) is 0 Å². The molecule has 32 heavy (non-hydrogen) atoms. The van der Waals surface area contributed by atoms with Gasteiger partial charge in [-0.1, -0.05) is 0 Å². The van der Waals surface area contributed by atoms with Crippen molar-refractivity contribution in [3.8, 4) is 0 Å². The molecule has 11 heteroatoms. The molecule has 3 aliphatic rings. The van der Waals surface area contributed by atoms with E-state index in [1.54, 1.807) is 13.9 Å². The maximum atomic E-state index is 13.5.